The Labute approximate surface area is 124 Å². The minimum Gasteiger partial charge on any atom is -0.488 e. The lowest BCUT2D eigenvalue weighted by Gasteiger charge is -2.38. The predicted octanol–water partition coefficient (Wildman–Crippen LogP) is 2.14. The number of hydrogen-bond donors (Lipinski definition) is 1. The number of halogens is 2. The number of rotatable bonds is 0. The first-order chi connectivity index (χ1) is 9.56. The summed E-state index contributed by atoms with van der Waals surface area (Å²) in [6, 6.07) is 3.48. The third-order valence-electron chi connectivity index (χ3n) is 3.80. The van der Waals surface area contributed by atoms with Crippen molar-refractivity contribution in [1.29, 1.82) is 0 Å². The molecule has 0 saturated carbocycles. The van der Waals surface area contributed by atoms with Gasteiger partial charge in [-0.2, -0.15) is 0 Å². The maximum atomic E-state index is 14.1. The zero-order chi connectivity index (χ0) is 14.3. The number of ether oxygens (including phenoxy) is 1. The van der Waals surface area contributed by atoms with Crippen molar-refractivity contribution in [1.82, 2.24) is 9.80 Å². The molecule has 5 nitrogen and oxygen atoms in total. The average molecular weight is 345 g/mol. The van der Waals surface area contributed by atoms with Crippen LogP contribution in [0.3, 0.4) is 0 Å². The summed E-state index contributed by atoms with van der Waals surface area (Å²) < 4.78 is 20.0. The first kappa shape index (κ1) is 13.6. The van der Waals surface area contributed by atoms with Crippen LogP contribution in [0.15, 0.2) is 16.6 Å². The molecule has 7 heteroatoms. The molecule has 0 aromatic heterocycles. The maximum Gasteiger partial charge on any atom is 0.407 e. The zero-order valence-electron chi connectivity index (χ0n) is 10.7. The number of hydrogen-bond acceptors (Lipinski definition) is 3. The molecule has 1 N–H and O–H groups in total. The van der Waals surface area contributed by atoms with Gasteiger partial charge in [0.25, 0.3) is 0 Å². The largest absolute Gasteiger partial charge is 0.488 e. The number of carbonyl (C=O) groups is 1. The first-order valence-electron chi connectivity index (χ1n) is 6.38. The van der Waals surface area contributed by atoms with Crippen LogP contribution in [0.2, 0.25) is 0 Å². The van der Waals surface area contributed by atoms with E-state index in [9.17, 15) is 9.18 Å². The van der Waals surface area contributed by atoms with Gasteiger partial charge in [-0.15, -0.1) is 0 Å². The Hall–Kier alpha value is -1.34. The van der Waals surface area contributed by atoms with Crippen molar-refractivity contribution in [2.24, 2.45) is 0 Å². The van der Waals surface area contributed by atoms with Gasteiger partial charge in [0.1, 0.15) is 6.61 Å². The van der Waals surface area contributed by atoms with Crippen LogP contribution in [0.1, 0.15) is 5.56 Å². The van der Waals surface area contributed by atoms with E-state index in [1.54, 1.807) is 6.07 Å². The van der Waals surface area contributed by atoms with Crippen molar-refractivity contribution in [3.63, 3.8) is 0 Å². The molecule has 1 saturated heterocycles. The standard InChI is InChI=1S/C13H14BrFN2O3/c14-10-2-1-8-5-16-3-4-17(13(18)19)6-9(16)7-20-12(8)11(10)15/h1-2,9H,3-7H2,(H,18,19)/t9-/m1/s1. The Morgan fingerprint density at radius 2 is 2.25 bits per heavy atom. The number of piperazine rings is 1. The molecule has 108 valence electrons. The van der Waals surface area contributed by atoms with E-state index in [0.29, 0.717) is 37.3 Å². The molecule has 1 aromatic carbocycles. The van der Waals surface area contributed by atoms with Gasteiger partial charge in [-0.1, -0.05) is 6.07 Å². The van der Waals surface area contributed by atoms with Gasteiger partial charge in [0, 0.05) is 31.7 Å². The van der Waals surface area contributed by atoms with Crippen molar-refractivity contribution < 1.29 is 19.0 Å². The Bertz CT molecular complexity index is 555. The van der Waals surface area contributed by atoms with Gasteiger partial charge in [0.05, 0.1) is 10.5 Å². The Morgan fingerprint density at radius 3 is 3.00 bits per heavy atom. The summed E-state index contributed by atoms with van der Waals surface area (Å²) in [5.74, 6) is -0.118. The summed E-state index contributed by atoms with van der Waals surface area (Å²) in [6.07, 6.45) is -0.916. The van der Waals surface area contributed by atoms with Gasteiger partial charge in [-0.25, -0.2) is 9.18 Å². The second-order valence-electron chi connectivity index (χ2n) is 5.01. The lowest BCUT2D eigenvalue weighted by atomic mass is 10.1. The third-order valence-corrected chi connectivity index (χ3v) is 4.41. The molecule has 1 amide bonds. The van der Waals surface area contributed by atoms with E-state index in [0.717, 1.165) is 5.56 Å². The fraction of sp³-hybridized carbons (Fsp3) is 0.462. The molecule has 2 aliphatic rings. The van der Waals surface area contributed by atoms with E-state index in [-0.39, 0.29) is 11.8 Å². The van der Waals surface area contributed by atoms with Gasteiger partial charge < -0.3 is 14.7 Å². The molecular weight excluding hydrogens is 331 g/mol. The fourth-order valence-corrected chi connectivity index (χ4v) is 3.00. The van der Waals surface area contributed by atoms with Crippen molar-refractivity contribution in [2.45, 2.75) is 12.6 Å². The van der Waals surface area contributed by atoms with Gasteiger partial charge in [-0.05, 0) is 22.0 Å². The Kier molecular flexibility index (Phi) is 3.55. The summed E-state index contributed by atoms with van der Waals surface area (Å²) in [7, 11) is 0. The second-order valence-corrected chi connectivity index (χ2v) is 5.87. The van der Waals surface area contributed by atoms with Crippen LogP contribution in [0.5, 0.6) is 5.75 Å². The molecule has 0 bridgehead atoms. The van der Waals surface area contributed by atoms with E-state index in [1.165, 1.54) is 4.90 Å². The summed E-state index contributed by atoms with van der Waals surface area (Å²) in [5.41, 5.74) is 0.803. The number of carboxylic acid groups (broad SMARTS) is 1. The Balaban J connectivity index is 1.85. The topological polar surface area (TPSA) is 53.0 Å². The van der Waals surface area contributed by atoms with E-state index in [1.807, 2.05) is 6.07 Å². The van der Waals surface area contributed by atoms with Crippen LogP contribution < -0.4 is 4.74 Å². The molecule has 0 aliphatic carbocycles. The molecule has 20 heavy (non-hydrogen) atoms. The van der Waals surface area contributed by atoms with E-state index >= 15 is 0 Å². The van der Waals surface area contributed by atoms with Gasteiger partial charge >= 0.3 is 6.09 Å². The zero-order valence-corrected chi connectivity index (χ0v) is 12.3. The summed E-state index contributed by atoms with van der Waals surface area (Å²) in [6.45, 7) is 2.38. The second kappa shape index (κ2) is 5.21. The fourth-order valence-electron chi connectivity index (χ4n) is 2.68. The SMILES string of the molecule is O=C(O)N1CCN2Cc3ccc(Br)c(F)c3OC[C@H]2C1. The minimum absolute atomic E-state index is 0.0366. The molecule has 2 aliphatic heterocycles. The minimum atomic E-state index is -0.916. The van der Waals surface area contributed by atoms with Crippen LogP contribution in [0.25, 0.3) is 0 Å². The highest BCUT2D eigenvalue weighted by Crippen LogP contribution is 2.33. The number of benzene rings is 1. The molecule has 0 unspecified atom stereocenters. The van der Waals surface area contributed by atoms with Crippen LogP contribution in [0, 0.1) is 5.82 Å². The predicted molar refractivity (Wildman–Crippen MR) is 73.4 cm³/mol. The van der Waals surface area contributed by atoms with E-state index in [2.05, 4.69) is 20.8 Å². The average Bonchev–Trinajstić information content (AvgIpc) is 2.61. The van der Waals surface area contributed by atoms with E-state index < -0.39 is 11.9 Å². The molecule has 1 atom stereocenters. The van der Waals surface area contributed by atoms with Crippen molar-refractivity contribution in [3.05, 3.63) is 28.0 Å². The molecule has 1 fully saturated rings. The highest BCUT2D eigenvalue weighted by molar-refractivity contribution is 9.10. The number of fused-ring (bicyclic) bond motifs is 2. The van der Waals surface area contributed by atoms with Gasteiger partial charge in [-0.3, -0.25) is 4.90 Å². The Morgan fingerprint density at radius 1 is 1.45 bits per heavy atom. The van der Waals surface area contributed by atoms with Gasteiger partial charge in [0.2, 0.25) is 0 Å². The van der Waals surface area contributed by atoms with Crippen molar-refractivity contribution in [2.75, 3.05) is 26.2 Å². The van der Waals surface area contributed by atoms with Crippen LogP contribution >= 0.6 is 15.9 Å². The lowest BCUT2D eigenvalue weighted by molar-refractivity contribution is 0.0499. The lowest BCUT2D eigenvalue weighted by Crippen LogP contribution is -2.55. The first-order valence-corrected chi connectivity index (χ1v) is 7.17. The molecular formula is C13H14BrFN2O3. The normalized spacial score (nSPS) is 22.5. The summed E-state index contributed by atoms with van der Waals surface area (Å²) in [4.78, 5) is 14.6. The van der Waals surface area contributed by atoms with Crippen molar-refractivity contribution >= 4 is 22.0 Å². The van der Waals surface area contributed by atoms with Crippen LogP contribution in [0.4, 0.5) is 9.18 Å². The smallest absolute Gasteiger partial charge is 0.407 e. The van der Waals surface area contributed by atoms with Crippen LogP contribution in [-0.2, 0) is 6.54 Å². The monoisotopic (exact) mass is 344 g/mol. The number of nitrogens with zero attached hydrogens (tertiary/aromatic N) is 2. The summed E-state index contributed by atoms with van der Waals surface area (Å²) >= 11 is 3.15. The molecule has 3 rings (SSSR count). The molecule has 0 spiro atoms. The maximum absolute atomic E-state index is 14.1. The quantitative estimate of drug-likeness (QED) is 0.783. The molecule has 0 radical (unpaired) electrons. The van der Waals surface area contributed by atoms with E-state index in [4.69, 9.17) is 9.84 Å². The van der Waals surface area contributed by atoms with Crippen LogP contribution in [-0.4, -0.2) is 53.3 Å². The van der Waals surface area contributed by atoms with Crippen molar-refractivity contribution in [3.8, 4) is 5.75 Å². The molecule has 2 heterocycles. The molecule has 1 aromatic rings. The third kappa shape index (κ3) is 2.35. The number of amides is 1. The van der Waals surface area contributed by atoms with Gasteiger partial charge in [0.15, 0.2) is 11.6 Å². The highest BCUT2D eigenvalue weighted by Gasteiger charge is 2.33. The summed E-state index contributed by atoms with van der Waals surface area (Å²) in [5, 5.41) is 9.05. The highest BCUT2D eigenvalue weighted by atomic mass is 79.9.